The van der Waals surface area contributed by atoms with Gasteiger partial charge in [0.2, 0.25) is 0 Å². The van der Waals surface area contributed by atoms with E-state index in [0.717, 1.165) is 25.1 Å². The summed E-state index contributed by atoms with van der Waals surface area (Å²) in [6, 6.07) is 3.32. The van der Waals surface area contributed by atoms with Crippen LogP contribution in [0.1, 0.15) is 23.5 Å². The van der Waals surface area contributed by atoms with Crippen molar-refractivity contribution in [1.82, 2.24) is 5.32 Å². The molecule has 0 bridgehead atoms. The minimum Gasteiger partial charge on any atom is -0.316 e. The first-order valence-electron chi connectivity index (χ1n) is 4.85. The highest BCUT2D eigenvalue weighted by molar-refractivity contribution is 6.31. The molecule has 0 radical (unpaired) electrons. The Morgan fingerprint density at radius 1 is 1.50 bits per heavy atom. The van der Waals surface area contributed by atoms with E-state index in [1.54, 1.807) is 0 Å². The number of halogens is 2. The van der Waals surface area contributed by atoms with E-state index in [2.05, 4.69) is 5.32 Å². The van der Waals surface area contributed by atoms with Crippen molar-refractivity contribution >= 4 is 11.6 Å². The Kier molecular flexibility index (Phi) is 2.75. The molecule has 3 heteroatoms. The molecule has 1 heterocycles. The van der Waals surface area contributed by atoms with Gasteiger partial charge in [-0.25, -0.2) is 4.39 Å². The zero-order valence-corrected chi connectivity index (χ0v) is 8.87. The maximum atomic E-state index is 13.1. The molecule has 1 fully saturated rings. The fraction of sp³-hybridized carbons (Fsp3) is 0.455. The SMILES string of the molecule is Cc1c(C2CCNC2)ccc(F)c1Cl. The fourth-order valence-electron chi connectivity index (χ4n) is 2.03. The molecule has 2 rings (SSSR count). The van der Waals surface area contributed by atoms with Gasteiger partial charge in [-0.15, -0.1) is 0 Å². The van der Waals surface area contributed by atoms with Crippen LogP contribution >= 0.6 is 11.6 Å². The molecular weight excluding hydrogens is 201 g/mol. The Balaban J connectivity index is 2.38. The van der Waals surface area contributed by atoms with Crippen molar-refractivity contribution in [2.24, 2.45) is 0 Å². The normalized spacial score (nSPS) is 21.5. The molecule has 1 atom stereocenters. The van der Waals surface area contributed by atoms with Crippen molar-refractivity contribution in [2.45, 2.75) is 19.3 Å². The third-order valence-electron chi connectivity index (χ3n) is 2.88. The summed E-state index contributed by atoms with van der Waals surface area (Å²) in [5.74, 6) is 0.173. The van der Waals surface area contributed by atoms with Crippen molar-refractivity contribution in [3.8, 4) is 0 Å². The van der Waals surface area contributed by atoms with Gasteiger partial charge < -0.3 is 5.32 Å². The average molecular weight is 214 g/mol. The van der Waals surface area contributed by atoms with Crippen LogP contribution in [0.4, 0.5) is 4.39 Å². The quantitative estimate of drug-likeness (QED) is 0.757. The molecule has 1 saturated heterocycles. The van der Waals surface area contributed by atoms with E-state index < -0.39 is 0 Å². The van der Waals surface area contributed by atoms with Gasteiger partial charge in [-0.1, -0.05) is 17.7 Å². The standard InChI is InChI=1S/C11H13ClFN/c1-7-9(8-4-5-14-6-8)2-3-10(13)11(7)12/h2-3,8,14H,4-6H2,1H3. The van der Waals surface area contributed by atoms with E-state index in [0.29, 0.717) is 5.92 Å². The summed E-state index contributed by atoms with van der Waals surface area (Å²) >= 11 is 5.87. The highest BCUT2D eigenvalue weighted by Crippen LogP contribution is 2.30. The van der Waals surface area contributed by atoms with Crippen LogP contribution in [-0.2, 0) is 0 Å². The molecule has 0 spiro atoms. The molecule has 1 aliphatic rings. The third kappa shape index (κ3) is 1.64. The first-order valence-corrected chi connectivity index (χ1v) is 5.23. The lowest BCUT2D eigenvalue weighted by Crippen LogP contribution is -2.09. The molecule has 0 saturated carbocycles. The van der Waals surface area contributed by atoms with Gasteiger partial charge in [-0.3, -0.25) is 0 Å². The van der Waals surface area contributed by atoms with Gasteiger partial charge in [0.25, 0.3) is 0 Å². The number of nitrogens with one attached hydrogen (secondary N) is 1. The predicted octanol–water partition coefficient (Wildman–Crippen LogP) is 2.86. The van der Waals surface area contributed by atoms with E-state index >= 15 is 0 Å². The molecule has 1 aromatic rings. The second kappa shape index (κ2) is 3.87. The zero-order valence-electron chi connectivity index (χ0n) is 8.11. The second-order valence-corrected chi connectivity index (χ2v) is 4.14. The molecule has 76 valence electrons. The van der Waals surface area contributed by atoms with E-state index in [1.807, 2.05) is 13.0 Å². The van der Waals surface area contributed by atoms with Crippen LogP contribution in [0.15, 0.2) is 12.1 Å². The molecule has 0 aromatic heterocycles. The molecular formula is C11H13ClFN. The first-order chi connectivity index (χ1) is 6.70. The van der Waals surface area contributed by atoms with Crippen LogP contribution < -0.4 is 5.32 Å². The van der Waals surface area contributed by atoms with Crippen LogP contribution in [0.25, 0.3) is 0 Å². The van der Waals surface area contributed by atoms with Crippen molar-refractivity contribution in [3.63, 3.8) is 0 Å². The predicted molar refractivity (Wildman–Crippen MR) is 56.4 cm³/mol. The topological polar surface area (TPSA) is 12.0 Å². The molecule has 1 N–H and O–H groups in total. The molecule has 1 aliphatic heterocycles. The number of benzene rings is 1. The van der Waals surface area contributed by atoms with Crippen LogP contribution in [0.5, 0.6) is 0 Å². The molecule has 14 heavy (non-hydrogen) atoms. The Morgan fingerprint density at radius 2 is 2.29 bits per heavy atom. The molecule has 1 unspecified atom stereocenters. The second-order valence-electron chi connectivity index (χ2n) is 3.77. The van der Waals surface area contributed by atoms with E-state index in [1.165, 1.54) is 11.6 Å². The lowest BCUT2D eigenvalue weighted by molar-refractivity contribution is 0.624. The van der Waals surface area contributed by atoms with Crippen molar-refractivity contribution in [3.05, 3.63) is 34.1 Å². The largest absolute Gasteiger partial charge is 0.316 e. The smallest absolute Gasteiger partial charge is 0.142 e. The Bertz CT molecular complexity index is 345. The molecule has 1 nitrogen and oxygen atoms in total. The van der Waals surface area contributed by atoms with Gasteiger partial charge in [-0.05, 0) is 43.0 Å². The van der Waals surface area contributed by atoms with Gasteiger partial charge in [-0.2, -0.15) is 0 Å². The van der Waals surface area contributed by atoms with Crippen LogP contribution in [0.3, 0.4) is 0 Å². The summed E-state index contributed by atoms with van der Waals surface area (Å²) in [6.07, 6.45) is 1.11. The molecule has 0 aliphatic carbocycles. The van der Waals surface area contributed by atoms with E-state index in [9.17, 15) is 4.39 Å². The third-order valence-corrected chi connectivity index (χ3v) is 3.35. The minimum absolute atomic E-state index is 0.273. The van der Waals surface area contributed by atoms with Crippen molar-refractivity contribution < 1.29 is 4.39 Å². The Morgan fingerprint density at radius 3 is 2.93 bits per heavy atom. The van der Waals surface area contributed by atoms with Crippen LogP contribution in [0.2, 0.25) is 5.02 Å². The van der Waals surface area contributed by atoms with Crippen molar-refractivity contribution in [1.29, 1.82) is 0 Å². The maximum Gasteiger partial charge on any atom is 0.142 e. The van der Waals surface area contributed by atoms with Crippen molar-refractivity contribution in [2.75, 3.05) is 13.1 Å². The Hall–Kier alpha value is -0.600. The lowest BCUT2D eigenvalue weighted by Gasteiger charge is -2.13. The maximum absolute atomic E-state index is 13.1. The number of hydrogen-bond acceptors (Lipinski definition) is 1. The van der Waals surface area contributed by atoms with Gasteiger partial charge in [0.15, 0.2) is 0 Å². The highest BCUT2D eigenvalue weighted by Gasteiger charge is 2.20. The highest BCUT2D eigenvalue weighted by atomic mass is 35.5. The summed E-state index contributed by atoms with van der Waals surface area (Å²) < 4.78 is 13.1. The fourth-order valence-corrected chi connectivity index (χ4v) is 2.20. The zero-order chi connectivity index (χ0) is 10.1. The Labute approximate surface area is 88.3 Å². The molecule has 0 amide bonds. The average Bonchev–Trinajstić information content (AvgIpc) is 2.67. The van der Waals surface area contributed by atoms with Gasteiger partial charge in [0.05, 0.1) is 5.02 Å². The van der Waals surface area contributed by atoms with E-state index in [-0.39, 0.29) is 10.8 Å². The molecule has 1 aromatic carbocycles. The summed E-state index contributed by atoms with van der Waals surface area (Å²) in [6.45, 7) is 3.90. The van der Waals surface area contributed by atoms with Gasteiger partial charge in [0, 0.05) is 6.54 Å². The summed E-state index contributed by atoms with van der Waals surface area (Å²) in [7, 11) is 0. The summed E-state index contributed by atoms with van der Waals surface area (Å²) in [5.41, 5.74) is 2.07. The lowest BCUT2D eigenvalue weighted by atomic mass is 9.94. The monoisotopic (exact) mass is 213 g/mol. The van der Waals surface area contributed by atoms with E-state index in [4.69, 9.17) is 11.6 Å². The number of hydrogen-bond donors (Lipinski definition) is 1. The first kappa shape index (κ1) is 9.94. The number of rotatable bonds is 1. The van der Waals surface area contributed by atoms with Crippen LogP contribution in [-0.4, -0.2) is 13.1 Å². The van der Waals surface area contributed by atoms with Gasteiger partial charge in [0.1, 0.15) is 5.82 Å². The van der Waals surface area contributed by atoms with Gasteiger partial charge >= 0.3 is 0 Å². The summed E-state index contributed by atoms with van der Waals surface area (Å²) in [5, 5.41) is 3.57. The van der Waals surface area contributed by atoms with Crippen LogP contribution in [0, 0.1) is 12.7 Å². The minimum atomic E-state index is -0.320. The summed E-state index contributed by atoms with van der Waals surface area (Å²) in [4.78, 5) is 0.